The number of hydrogen-bond donors (Lipinski definition) is 1. The molecule has 0 saturated carbocycles. The third-order valence-corrected chi connectivity index (χ3v) is 4.51. The summed E-state index contributed by atoms with van der Waals surface area (Å²) in [5, 5.41) is 3.55. The Morgan fingerprint density at radius 3 is 2.58 bits per heavy atom. The van der Waals surface area contributed by atoms with Crippen molar-refractivity contribution in [1.29, 1.82) is 0 Å². The van der Waals surface area contributed by atoms with Gasteiger partial charge in [0.05, 0.1) is 13.2 Å². The van der Waals surface area contributed by atoms with Crippen molar-refractivity contribution in [3.8, 4) is 0 Å². The van der Waals surface area contributed by atoms with Crippen LogP contribution >= 0.6 is 0 Å². The molecule has 0 aromatic heterocycles. The van der Waals surface area contributed by atoms with Gasteiger partial charge in [-0.3, -0.25) is 4.90 Å². The summed E-state index contributed by atoms with van der Waals surface area (Å²) in [7, 11) is 0. The molecule has 24 heavy (non-hydrogen) atoms. The molecule has 2 aromatic carbocycles. The van der Waals surface area contributed by atoms with Crippen LogP contribution in [0.5, 0.6) is 0 Å². The van der Waals surface area contributed by atoms with E-state index < -0.39 is 0 Å². The predicted molar refractivity (Wildman–Crippen MR) is 94.2 cm³/mol. The maximum Gasteiger partial charge on any atom is 0.123 e. The Bertz CT molecular complexity index is 617. The zero-order valence-corrected chi connectivity index (χ0v) is 14.1. The maximum atomic E-state index is 13.0. The van der Waals surface area contributed by atoms with Gasteiger partial charge in [-0.1, -0.05) is 42.5 Å². The quantitative estimate of drug-likeness (QED) is 0.881. The van der Waals surface area contributed by atoms with Gasteiger partial charge in [0, 0.05) is 31.7 Å². The molecule has 4 heteroatoms. The Kier molecular flexibility index (Phi) is 5.96. The molecule has 0 unspecified atom stereocenters. The second-order valence-electron chi connectivity index (χ2n) is 6.51. The number of piperazine rings is 1. The van der Waals surface area contributed by atoms with Crippen molar-refractivity contribution >= 4 is 0 Å². The number of ether oxygens (including phenoxy) is 1. The van der Waals surface area contributed by atoms with Crippen LogP contribution in [0.4, 0.5) is 4.39 Å². The molecule has 1 aliphatic rings. The lowest BCUT2D eigenvalue weighted by molar-refractivity contribution is 0.0539. The molecule has 1 saturated heterocycles. The van der Waals surface area contributed by atoms with Gasteiger partial charge in [-0.05, 0) is 30.2 Å². The Balaban J connectivity index is 1.48. The topological polar surface area (TPSA) is 24.5 Å². The van der Waals surface area contributed by atoms with Crippen LogP contribution in [0, 0.1) is 5.82 Å². The monoisotopic (exact) mass is 328 g/mol. The number of nitrogens with one attached hydrogen (secondary N) is 1. The molecule has 128 valence electrons. The van der Waals surface area contributed by atoms with Crippen molar-refractivity contribution in [3.05, 3.63) is 71.5 Å². The first kappa shape index (κ1) is 17.1. The average molecular weight is 328 g/mol. The summed E-state index contributed by atoms with van der Waals surface area (Å²) in [5.41, 5.74) is 2.35. The molecule has 0 amide bonds. The van der Waals surface area contributed by atoms with Gasteiger partial charge >= 0.3 is 0 Å². The van der Waals surface area contributed by atoms with E-state index in [0.717, 1.165) is 25.2 Å². The first-order chi connectivity index (χ1) is 11.7. The van der Waals surface area contributed by atoms with Gasteiger partial charge in [0.25, 0.3) is 0 Å². The van der Waals surface area contributed by atoms with Crippen LogP contribution in [0.1, 0.15) is 18.1 Å². The van der Waals surface area contributed by atoms with E-state index in [9.17, 15) is 4.39 Å². The fraction of sp³-hybridized carbons (Fsp3) is 0.400. The minimum atomic E-state index is -0.181. The zero-order chi connectivity index (χ0) is 16.8. The number of halogens is 1. The fourth-order valence-electron chi connectivity index (χ4n) is 3.04. The lowest BCUT2D eigenvalue weighted by Gasteiger charge is -2.38. The lowest BCUT2D eigenvalue weighted by Crippen LogP contribution is -2.56. The molecule has 1 aliphatic heterocycles. The standard InChI is InChI=1S/C20H25FN2O/c1-16-11-22-20(15-24-14-18-5-3-2-4-6-18)13-23(16)12-17-7-9-19(21)10-8-17/h2-10,16,20,22H,11-15H2,1H3/t16-,20-/m0/s1. The Morgan fingerprint density at radius 2 is 1.83 bits per heavy atom. The van der Waals surface area contributed by atoms with E-state index in [4.69, 9.17) is 4.74 Å². The van der Waals surface area contributed by atoms with E-state index in [1.54, 1.807) is 0 Å². The molecule has 3 rings (SSSR count). The third-order valence-electron chi connectivity index (χ3n) is 4.51. The van der Waals surface area contributed by atoms with Gasteiger partial charge in [0.15, 0.2) is 0 Å². The highest BCUT2D eigenvalue weighted by Crippen LogP contribution is 2.13. The van der Waals surface area contributed by atoms with Crippen molar-refractivity contribution in [2.24, 2.45) is 0 Å². The van der Waals surface area contributed by atoms with Gasteiger partial charge in [0.1, 0.15) is 5.82 Å². The molecular formula is C20H25FN2O. The van der Waals surface area contributed by atoms with Crippen LogP contribution in [-0.2, 0) is 17.9 Å². The van der Waals surface area contributed by atoms with Gasteiger partial charge in [-0.15, -0.1) is 0 Å². The van der Waals surface area contributed by atoms with Crippen molar-refractivity contribution in [2.75, 3.05) is 19.7 Å². The highest BCUT2D eigenvalue weighted by Gasteiger charge is 2.24. The zero-order valence-electron chi connectivity index (χ0n) is 14.1. The molecule has 1 heterocycles. The van der Waals surface area contributed by atoms with Crippen LogP contribution in [-0.4, -0.2) is 36.7 Å². The van der Waals surface area contributed by atoms with Gasteiger partial charge in [-0.2, -0.15) is 0 Å². The summed E-state index contributed by atoms with van der Waals surface area (Å²) in [6.45, 7) is 6.29. The predicted octanol–water partition coefficient (Wildman–Crippen LogP) is 3.20. The van der Waals surface area contributed by atoms with Crippen molar-refractivity contribution in [2.45, 2.75) is 32.2 Å². The Labute approximate surface area is 143 Å². The van der Waals surface area contributed by atoms with E-state index in [0.29, 0.717) is 25.3 Å². The Hall–Kier alpha value is -1.75. The van der Waals surface area contributed by atoms with Gasteiger partial charge < -0.3 is 10.1 Å². The second kappa shape index (κ2) is 8.38. The molecule has 2 atom stereocenters. The molecule has 0 bridgehead atoms. The maximum absolute atomic E-state index is 13.0. The molecule has 2 aromatic rings. The molecular weight excluding hydrogens is 303 g/mol. The summed E-state index contributed by atoms with van der Waals surface area (Å²) in [6.07, 6.45) is 0. The van der Waals surface area contributed by atoms with Crippen molar-refractivity contribution < 1.29 is 9.13 Å². The summed E-state index contributed by atoms with van der Waals surface area (Å²) < 4.78 is 18.9. The summed E-state index contributed by atoms with van der Waals surface area (Å²) in [6, 6.07) is 17.8. The minimum Gasteiger partial charge on any atom is -0.375 e. The van der Waals surface area contributed by atoms with Crippen molar-refractivity contribution in [3.63, 3.8) is 0 Å². The SMILES string of the molecule is C[C@H]1CN[C@H](COCc2ccccc2)CN1Cc1ccc(F)cc1. The summed E-state index contributed by atoms with van der Waals surface area (Å²) in [5.74, 6) is -0.181. The highest BCUT2D eigenvalue weighted by atomic mass is 19.1. The Morgan fingerprint density at radius 1 is 1.08 bits per heavy atom. The third kappa shape index (κ3) is 4.87. The van der Waals surface area contributed by atoms with Crippen molar-refractivity contribution in [1.82, 2.24) is 10.2 Å². The normalized spacial score (nSPS) is 21.8. The highest BCUT2D eigenvalue weighted by molar-refractivity contribution is 5.16. The number of nitrogens with zero attached hydrogens (tertiary/aromatic N) is 1. The first-order valence-electron chi connectivity index (χ1n) is 8.54. The fourth-order valence-corrected chi connectivity index (χ4v) is 3.04. The summed E-state index contributed by atoms with van der Waals surface area (Å²) >= 11 is 0. The van der Waals surface area contributed by atoms with Crippen LogP contribution in [0.2, 0.25) is 0 Å². The van der Waals surface area contributed by atoms with E-state index in [1.807, 2.05) is 30.3 Å². The first-order valence-corrected chi connectivity index (χ1v) is 8.54. The number of benzene rings is 2. The van der Waals surface area contributed by atoms with E-state index in [-0.39, 0.29) is 5.82 Å². The molecule has 0 radical (unpaired) electrons. The molecule has 1 N–H and O–H groups in total. The van der Waals surface area contributed by atoms with E-state index >= 15 is 0 Å². The number of rotatable bonds is 6. The van der Waals surface area contributed by atoms with Crippen LogP contribution in [0.15, 0.2) is 54.6 Å². The minimum absolute atomic E-state index is 0.181. The molecule has 1 fully saturated rings. The smallest absolute Gasteiger partial charge is 0.123 e. The average Bonchev–Trinajstić information content (AvgIpc) is 2.61. The van der Waals surface area contributed by atoms with Crippen LogP contribution in [0.3, 0.4) is 0 Å². The van der Waals surface area contributed by atoms with E-state index in [2.05, 4.69) is 29.3 Å². The second-order valence-corrected chi connectivity index (χ2v) is 6.51. The summed E-state index contributed by atoms with van der Waals surface area (Å²) in [4.78, 5) is 2.43. The van der Waals surface area contributed by atoms with E-state index in [1.165, 1.54) is 17.7 Å². The largest absolute Gasteiger partial charge is 0.375 e. The van der Waals surface area contributed by atoms with Gasteiger partial charge in [-0.25, -0.2) is 4.39 Å². The molecule has 3 nitrogen and oxygen atoms in total. The number of hydrogen-bond acceptors (Lipinski definition) is 3. The lowest BCUT2D eigenvalue weighted by atomic mass is 10.1. The van der Waals surface area contributed by atoms with Crippen LogP contribution in [0.25, 0.3) is 0 Å². The van der Waals surface area contributed by atoms with Gasteiger partial charge in [0.2, 0.25) is 0 Å². The van der Waals surface area contributed by atoms with Crippen LogP contribution < -0.4 is 5.32 Å². The molecule has 0 aliphatic carbocycles. The molecule has 0 spiro atoms.